The smallest absolute Gasteiger partial charge is 0.418 e. The van der Waals surface area contributed by atoms with Crippen molar-refractivity contribution in [3.05, 3.63) is 110 Å². The Kier molecular flexibility index (Phi) is 14.4. The minimum atomic E-state index is -6.00. The summed E-state index contributed by atoms with van der Waals surface area (Å²) in [5.74, 6) is 0. The zero-order valence-electron chi connectivity index (χ0n) is 17.4. The van der Waals surface area contributed by atoms with Crippen LogP contribution in [0.1, 0.15) is 7.43 Å². The minimum absolute atomic E-state index is 0. The van der Waals surface area contributed by atoms with Crippen LogP contribution in [-0.2, 0) is 9.59 Å². The van der Waals surface area contributed by atoms with Crippen LogP contribution in [0.5, 0.6) is 0 Å². The van der Waals surface area contributed by atoms with Gasteiger partial charge in [-0.25, -0.2) is 9.13 Å². The molecule has 0 unspecified atom stereocenters. The van der Waals surface area contributed by atoms with Crippen molar-refractivity contribution >= 4 is 25.5 Å². The minimum Gasteiger partial charge on any atom is -0.418 e. The number of carbonyl (C=O) groups excluding carboxylic acids is 2. The predicted octanol–water partition coefficient (Wildman–Crippen LogP) is 5.34. The normalized spacial score (nSPS) is 9.29. The van der Waals surface area contributed by atoms with Gasteiger partial charge in [-0.15, -0.1) is 0 Å². The number of halogens is 4. The Balaban J connectivity index is 0.000000533. The summed E-state index contributed by atoms with van der Waals surface area (Å²) < 4.78 is 43.2. The molecule has 5 nitrogen and oxygen atoms in total. The van der Waals surface area contributed by atoms with Crippen molar-refractivity contribution < 1.29 is 31.4 Å². The highest BCUT2D eigenvalue weighted by Crippen LogP contribution is 2.07. The Hall–Kier alpha value is -4.21. The van der Waals surface area contributed by atoms with Crippen molar-refractivity contribution in [2.24, 2.45) is 0 Å². The average Bonchev–Trinajstić information content (AvgIpc) is 3.31. The molecular weight excluding hydrogens is 449 g/mol. The molecule has 0 aliphatic carbocycles. The third-order valence-corrected chi connectivity index (χ3v) is 3.60. The van der Waals surface area contributed by atoms with Gasteiger partial charge < -0.3 is 23.0 Å². The van der Waals surface area contributed by atoms with Gasteiger partial charge in [-0.05, 0) is 36.4 Å². The van der Waals surface area contributed by atoms with Crippen molar-refractivity contribution in [3.8, 4) is 11.4 Å². The molecule has 0 saturated carbocycles. The molecule has 0 aliphatic heterocycles. The maximum absolute atomic E-state index is 9.75. The molecule has 0 amide bonds. The molecule has 0 aliphatic rings. The summed E-state index contributed by atoms with van der Waals surface area (Å²) in [5, 5.41) is 0. The summed E-state index contributed by atoms with van der Waals surface area (Å²) in [6.07, 6.45) is 6.58. The summed E-state index contributed by atoms with van der Waals surface area (Å²) in [6.45, 7) is 0. The number of benzene rings is 3. The van der Waals surface area contributed by atoms with E-state index in [1.807, 2.05) is 66.7 Å². The molecule has 180 valence electrons. The first-order chi connectivity index (χ1) is 15.7. The lowest BCUT2D eigenvalue weighted by molar-refractivity contribution is -0.594. The van der Waals surface area contributed by atoms with Crippen LogP contribution in [0.25, 0.3) is 11.4 Å². The van der Waals surface area contributed by atoms with Gasteiger partial charge in [0.05, 0.1) is 0 Å². The SMILES string of the molecule is C.F[B-](F)(F)F.Nc1ccccc1.O=CC=O.c1ccc(-n2cc[n+](-c3ccccc3)c2)cc1. The Morgan fingerprint density at radius 3 is 1.53 bits per heavy atom. The van der Waals surface area contributed by atoms with Crippen molar-refractivity contribution in [2.75, 3.05) is 5.73 Å². The van der Waals surface area contributed by atoms with Gasteiger partial charge in [-0.3, -0.25) is 9.59 Å². The fourth-order valence-electron chi connectivity index (χ4n) is 2.31. The number of nitrogens with two attached hydrogens (primary N) is 1. The summed E-state index contributed by atoms with van der Waals surface area (Å²) in [5.41, 5.74) is 8.52. The zero-order chi connectivity index (χ0) is 24.5. The molecule has 4 rings (SSSR count). The van der Waals surface area contributed by atoms with Gasteiger partial charge in [0.2, 0.25) is 0 Å². The lowest BCUT2D eigenvalue weighted by atomic mass is 10.3. The molecule has 0 atom stereocenters. The Labute approximate surface area is 196 Å². The molecule has 10 heteroatoms. The van der Waals surface area contributed by atoms with E-state index in [2.05, 4.69) is 52.1 Å². The van der Waals surface area contributed by atoms with Gasteiger partial charge in [0.15, 0.2) is 12.6 Å². The summed E-state index contributed by atoms with van der Waals surface area (Å²) in [7, 11) is -6.00. The lowest BCUT2D eigenvalue weighted by Crippen LogP contribution is -2.27. The summed E-state index contributed by atoms with van der Waals surface area (Å²) in [6, 6.07) is 30.1. The van der Waals surface area contributed by atoms with E-state index in [-0.39, 0.29) is 20.0 Å². The van der Waals surface area contributed by atoms with E-state index in [1.54, 1.807) is 0 Å². The molecule has 0 spiro atoms. The van der Waals surface area contributed by atoms with Crippen molar-refractivity contribution in [3.63, 3.8) is 0 Å². The Morgan fingerprint density at radius 1 is 0.735 bits per heavy atom. The second-order valence-corrected chi connectivity index (χ2v) is 6.08. The molecule has 34 heavy (non-hydrogen) atoms. The van der Waals surface area contributed by atoms with Crippen molar-refractivity contribution in [1.82, 2.24) is 4.57 Å². The van der Waals surface area contributed by atoms with Crippen LogP contribution in [0, 0.1) is 0 Å². The van der Waals surface area contributed by atoms with E-state index in [4.69, 9.17) is 15.3 Å². The van der Waals surface area contributed by atoms with Gasteiger partial charge in [0.25, 0.3) is 6.33 Å². The molecule has 0 fully saturated rings. The molecule has 2 N–H and O–H groups in total. The number of hydrogen-bond acceptors (Lipinski definition) is 3. The van der Waals surface area contributed by atoms with Crippen LogP contribution in [0.2, 0.25) is 0 Å². The van der Waals surface area contributed by atoms with Gasteiger partial charge in [-0.2, -0.15) is 0 Å². The average molecular weight is 475 g/mol. The quantitative estimate of drug-likeness (QED) is 0.109. The van der Waals surface area contributed by atoms with Crippen LogP contribution < -0.4 is 10.3 Å². The number of nitrogens with zero attached hydrogens (tertiary/aromatic N) is 2. The molecule has 0 radical (unpaired) electrons. The van der Waals surface area contributed by atoms with Crippen LogP contribution in [0.15, 0.2) is 110 Å². The standard InChI is InChI=1S/C15H13N2.C6H7N.C2H2O2.CH4.BF4/c1-3-7-14(8-4-1)16-11-12-17(13-16)15-9-5-2-6-10-15;7-6-4-2-1-3-5-6;3-1-2-4;;2-1(3,4)5/h1-13H;1-5H,7H2;1-2H;1H4;/q+1;;;;-1. The molecule has 1 heterocycles. The molecule has 3 aromatic carbocycles. The molecule has 0 saturated heterocycles. The largest absolute Gasteiger partial charge is 0.673 e. The van der Waals surface area contributed by atoms with E-state index in [0.29, 0.717) is 0 Å². The maximum Gasteiger partial charge on any atom is 0.673 e. The number of para-hydroxylation sites is 3. The van der Waals surface area contributed by atoms with Crippen LogP contribution in [0.3, 0.4) is 0 Å². The zero-order valence-corrected chi connectivity index (χ0v) is 17.4. The molecule has 4 aromatic rings. The first-order valence-electron chi connectivity index (χ1n) is 9.51. The first kappa shape index (κ1) is 29.8. The highest BCUT2D eigenvalue weighted by Gasteiger charge is 2.20. The number of aromatic nitrogens is 2. The maximum atomic E-state index is 9.75. The number of hydrogen-bond donors (Lipinski definition) is 1. The fourth-order valence-corrected chi connectivity index (χ4v) is 2.31. The number of anilines is 1. The monoisotopic (exact) mass is 475 g/mol. The van der Waals surface area contributed by atoms with Crippen molar-refractivity contribution in [1.29, 1.82) is 0 Å². The number of carbonyl (C=O) groups is 2. The van der Waals surface area contributed by atoms with Crippen LogP contribution >= 0.6 is 0 Å². The first-order valence-corrected chi connectivity index (χ1v) is 9.51. The number of aldehydes is 2. The van der Waals surface area contributed by atoms with Crippen LogP contribution in [0.4, 0.5) is 23.0 Å². The molecule has 0 bridgehead atoms. The van der Waals surface area contributed by atoms with E-state index in [0.717, 1.165) is 5.69 Å². The summed E-state index contributed by atoms with van der Waals surface area (Å²) in [4.78, 5) is 17.6. The lowest BCUT2D eigenvalue weighted by Gasteiger charge is -1.94. The highest BCUT2D eigenvalue weighted by atomic mass is 19.5. The topological polar surface area (TPSA) is 69.0 Å². The van der Waals surface area contributed by atoms with Crippen molar-refractivity contribution in [2.45, 2.75) is 7.43 Å². The van der Waals surface area contributed by atoms with E-state index < -0.39 is 7.25 Å². The number of imidazole rings is 1. The fraction of sp³-hybridized carbons (Fsp3) is 0.0417. The number of rotatable bonds is 3. The van der Waals surface area contributed by atoms with E-state index in [9.17, 15) is 17.3 Å². The predicted molar refractivity (Wildman–Crippen MR) is 127 cm³/mol. The number of nitrogen functional groups attached to an aromatic ring is 1. The second-order valence-electron chi connectivity index (χ2n) is 6.08. The Morgan fingerprint density at radius 2 is 1.15 bits per heavy atom. The van der Waals surface area contributed by atoms with Gasteiger partial charge in [0.1, 0.15) is 23.8 Å². The second kappa shape index (κ2) is 16.4. The van der Waals surface area contributed by atoms with E-state index in [1.165, 1.54) is 11.4 Å². The van der Waals surface area contributed by atoms with Gasteiger partial charge in [-0.1, -0.05) is 62.0 Å². The molecular formula is C24H26BF4N3O2. The van der Waals surface area contributed by atoms with Gasteiger partial charge in [0, 0.05) is 5.69 Å². The third kappa shape index (κ3) is 14.0. The highest BCUT2D eigenvalue weighted by molar-refractivity contribution is 6.50. The van der Waals surface area contributed by atoms with Crippen LogP contribution in [-0.4, -0.2) is 24.4 Å². The van der Waals surface area contributed by atoms with Gasteiger partial charge >= 0.3 is 7.25 Å². The molecule has 1 aromatic heterocycles. The third-order valence-electron chi connectivity index (χ3n) is 3.60. The summed E-state index contributed by atoms with van der Waals surface area (Å²) >= 11 is 0. The van der Waals surface area contributed by atoms with E-state index >= 15 is 0 Å². The Bertz CT molecular complexity index is 996.